The first-order valence-corrected chi connectivity index (χ1v) is 22.7. The van der Waals surface area contributed by atoms with Gasteiger partial charge in [-0.3, -0.25) is 4.79 Å². The summed E-state index contributed by atoms with van der Waals surface area (Å²) in [7, 11) is -3.96. The van der Waals surface area contributed by atoms with E-state index >= 15 is 0 Å². The molecule has 1 spiro atoms. The molecule has 0 unspecified atom stereocenters. The molecule has 0 aliphatic carbocycles. The Labute approximate surface area is 359 Å². The Morgan fingerprint density at radius 1 is 0.787 bits per heavy atom. The van der Waals surface area contributed by atoms with Gasteiger partial charge < -0.3 is 34.3 Å². The molecule has 5 aromatic carbocycles. The number of nitrogens with one attached hydrogen (secondary N) is 2. The van der Waals surface area contributed by atoms with E-state index in [0.717, 1.165) is 77.0 Å². The minimum Gasteiger partial charge on any atom is -0.392 e. The largest absolute Gasteiger partial charge is 0.392 e. The third-order valence-corrected chi connectivity index (χ3v) is 13.6. The number of likely N-dealkylation sites (tertiary alicyclic amines) is 1. The Balaban J connectivity index is 0.949. The molecule has 3 fully saturated rings. The first kappa shape index (κ1) is 42.9. The second kappa shape index (κ2) is 19.1. The van der Waals surface area contributed by atoms with Gasteiger partial charge >= 0.3 is 0 Å². The Hall–Kier alpha value is -4.76. The summed E-state index contributed by atoms with van der Waals surface area (Å²) < 4.78 is 54.9. The number of carbonyl (C=O) groups is 1. The maximum atomic E-state index is 13.7. The molecule has 0 bridgehead atoms. The van der Waals surface area contributed by atoms with Crippen molar-refractivity contribution < 1.29 is 37.3 Å². The Bertz CT molecular complexity index is 2330. The van der Waals surface area contributed by atoms with Gasteiger partial charge in [-0.25, -0.2) is 8.42 Å². The van der Waals surface area contributed by atoms with Crippen LogP contribution in [0.1, 0.15) is 65.5 Å². The van der Waals surface area contributed by atoms with Crippen molar-refractivity contribution in [2.75, 3.05) is 32.8 Å². The van der Waals surface area contributed by atoms with Gasteiger partial charge in [0.15, 0.2) is 12.1 Å². The smallest absolute Gasteiger partial charge is 0.241 e. The molecule has 3 N–H and O–H groups in total. The summed E-state index contributed by atoms with van der Waals surface area (Å²) in [5, 5.41) is 12.7. The van der Waals surface area contributed by atoms with E-state index < -0.39 is 34.0 Å². The summed E-state index contributed by atoms with van der Waals surface area (Å²) in [6, 6.07) is 39.0. The number of nitrogens with zero attached hydrogens (tertiary/aromatic N) is 1. The van der Waals surface area contributed by atoms with Crippen LogP contribution in [0.25, 0.3) is 11.1 Å². The number of aliphatic hydroxyl groups is 1. The average Bonchev–Trinajstić information content (AvgIpc) is 3.75. The van der Waals surface area contributed by atoms with Crippen LogP contribution in [0, 0.1) is 12.8 Å². The molecule has 3 heterocycles. The summed E-state index contributed by atoms with van der Waals surface area (Å²) >= 11 is 0. The van der Waals surface area contributed by atoms with Crippen LogP contribution in [0.3, 0.4) is 0 Å². The number of hydrogen-bond donors (Lipinski definition) is 3. The molecule has 3 aliphatic heterocycles. The van der Waals surface area contributed by atoms with Crippen LogP contribution in [-0.4, -0.2) is 75.1 Å². The van der Waals surface area contributed by atoms with Crippen LogP contribution in [0.15, 0.2) is 132 Å². The van der Waals surface area contributed by atoms with Crippen LogP contribution in [0.2, 0.25) is 0 Å². The molecule has 3 aliphatic rings. The fourth-order valence-electron chi connectivity index (χ4n) is 8.46. The SMILES string of the molecule is Cc1ccc(S(=O)(=O)N[C@H](Cc2ccccc2)C(=O)NCc2cccc(-c3ccc([C@@H]4O[C@H](CN5CCC6(CC5)OCCO6)[C@H](C)[C@H](c5ccc(CO)cc5)O4)cc3)c2)cc1. The average molecular weight is 846 g/mol. The van der Waals surface area contributed by atoms with E-state index in [2.05, 4.69) is 34.0 Å². The van der Waals surface area contributed by atoms with Gasteiger partial charge in [-0.05, 0) is 64.9 Å². The molecule has 5 aromatic rings. The van der Waals surface area contributed by atoms with E-state index in [0.29, 0.717) is 13.2 Å². The normalized spacial score (nSPS) is 22.2. The first-order chi connectivity index (χ1) is 29.6. The lowest BCUT2D eigenvalue weighted by Gasteiger charge is -2.44. The number of rotatable bonds is 14. The number of aryl methyl sites for hydroxylation is 1. The molecule has 5 atom stereocenters. The number of carbonyl (C=O) groups excluding carboxylic acids is 1. The third kappa shape index (κ3) is 10.5. The maximum Gasteiger partial charge on any atom is 0.241 e. The number of piperidine rings is 1. The summed E-state index contributed by atoms with van der Waals surface area (Å²) in [6.45, 7) is 8.07. The van der Waals surface area contributed by atoms with Crippen molar-refractivity contribution in [1.82, 2.24) is 14.9 Å². The van der Waals surface area contributed by atoms with Crippen molar-refractivity contribution in [3.8, 4) is 11.1 Å². The monoisotopic (exact) mass is 845 g/mol. The number of benzene rings is 5. The quantitative estimate of drug-likeness (QED) is 0.108. The highest BCUT2D eigenvalue weighted by Crippen LogP contribution is 2.43. The van der Waals surface area contributed by atoms with Gasteiger partial charge in [-0.15, -0.1) is 0 Å². The molecule has 12 heteroatoms. The Morgan fingerprint density at radius 3 is 2.15 bits per heavy atom. The molecule has 0 saturated carbocycles. The first-order valence-electron chi connectivity index (χ1n) is 21.2. The standard InChI is InChI=1S/C49H55N3O8S/c1-34-11-21-43(22-12-34)61(55,56)51-44(30-36-7-4-3-5-8-36)47(54)50-31-38-9-6-10-42(29-38)39-17-19-41(20-18-39)48-59-45(32-52-25-23-49(24-26-52)57-27-28-58-49)35(2)46(60-48)40-15-13-37(33-53)14-16-40/h3-22,29,35,44-46,48,51,53H,23-28,30-33H2,1-2H3,(H,50,54)/t35-,44+,45+,46+,48+/m0/s1. The van der Waals surface area contributed by atoms with Crippen LogP contribution in [0.4, 0.5) is 0 Å². The van der Waals surface area contributed by atoms with Crippen LogP contribution < -0.4 is 10.0 Å². The van der Waals surface area contributed by atoms with Crippen LogP contribution >= 0.6 is 0 Å². The number of sulfonamides is 1. The van der Waals surface area contributed by atoms with E-state index in [1.807, 2.05) is 97.9 Å². The lowest BCUT2D eigenvalue weighted by atomic mass is 9.89. The topological polar surface area (TPSA) is 136 Å². The number of ether oxygens (including phenoxy) is 4. The summed E-state index contributed by atoms with van der Waals surface area (Å²) in [5.41, 5.74) is 7.41. The minimum atomic E-state index is -3.96. The van der Waals surface area contributed by atoms with E-state index in [1.165, 1.54) is 0 Å². The Kier molecular flexibility index (Phi) is 13.4. The van der Waals surface area contributed by atoms with E-state index in [-0.39, 0.29) is 42.6 Å². The number of hydrogen-bond acceptors (Lipinski definition) is 9. The Morgan fingerprint density at radius 2 is 1.46 bits per heavy atom. The van der Waals surface area contributed by atoms with Gasteiger partial charge in [-0.1, -0.05) is 122 Å². The highest BCUT2D eigenvalue weighted by Gasteiger charge is 2.43. The lowest BCUT2D eigenvalue weighted by molar-refractivity contribution is -0.278. The van der Waals surface area contributed by atoms with E-state index in [1.54, 1.807) is 24.3 Å². The molecule has 1 amide bonds. The zero-order valence-electron chi connectivity index (χ0n) is 34.7. The summed E-state index contributed by atoms with van der Waals surface area (Å²) in [4.78, 5) is 16.2. The molecule has 11 nitrogen and oxygen atoms in total. The summed E-state index contributed by atoms with van der Waals surface area (Å²) in [6.07, 6.45) is 0.950. The predicted molar refractivity (Wildman–Crippen MR) is 232 cm³/mol. The third-order valence-electron chi connectivity index (χ3n) is 12.1. The van der Waals surface area contributed by atoms with Gasteiger partial charge in [0.2, 0.25) is 15.9 Å². The van der Waals surface area contributed by atoms with Crippen molar-refractivity contribution in [3.05, 3.63) is 161 Å². The molecule has 3 saturated heterocycles. The molecule has 0 radical (unpaired) electrons. The highest BCUT2D eigenvalue weighted by molar-refractivity contribution is 7.89. The van der Waals surface area contributed by atoms with Gasteiger partial charge in [0, 0.05) is 50.5 Å². The fraction of sp³-hybridized carbons (Fsp3) is 0.367. The van der Waals surface area contributed by atoms with Crippen molar-refractivity contribution in [2.24, 2.45) is 5.92 Å². The van der Waals surface area contributed by atoms with Crippen molar-refractivity contribution in [2.45, 2.75) is 81.5 Å². The maximum absolute atomic E-state index is 13.7. The zero-order chi connectivity index (χ0) is 42.4. The molecule has 61 heavy (non-hydrogen) atoms. The number of amides is 1. The fourth-order valence-corrected chi connectivity index (χ4v) is 9.66. The van der Waals surface area contributed by atoms with E-state index in [4.69, 9.17) is 18.9 Å². The molecular weight excluding hydrogens is 791 g/mol. The van der Waals surface area contributed by atoms with Crippen molar-refractivity contribution >= 4 is 15.9 Å². The van der Waals surface area contributed by atoms with Crippen molar-refractivity contribution in [1.29, 1.82) is 0 Å². The predicted octanol–water partition coefficient (Wildman–Crippen LogP) is 6.99. The highest BCUT2D eigenvalue weighted by atomic mass is 32.2. The molecule has 8 rings (SSSR count). The molecule has 320 valence electrons. The zero-order valence-corrected chi connectivity index (χ0v) is 35.6. The van der Waals surface area contributed by atoms with Gasteiger partial charge in [0.05, 0.1) is 36.9 Å². The second-order valence-electron chi connectivity index (χ2n) is 16.4. The van der Waals surface area contributed by atoms with Crippen LogP contribution in [-0.2, 0) is 53.3 Å². The van der Waals surface area contributed by atoms with Gasteiger partial charge in [0.25, 0.3) is 0 Å². The van der Waals surface area contributed by atoms with E-state index in [9.17, 15) is 18.3 Å². The molecule has 0 aromatic heterocycles. The molecular formula is C49H55N3O8S. The van der Waals surface area contributed by atoms with Crippen LogP contribution in [0.5, 0.6) is 0 Å². The minimum absolute atomic E-state index is 0.0163. The number of aliphatic hydroxyl groups excluding tert-OH is 1. The lowest BCUT2D eigenvalue weighted by Crippen LogP contribution is -2.50. The second-order valence-corrected chi connectivity index (χ2v) is 18.2. The van der Waals surface area contributed by atoms with Gasteiger partial charge in [-0.2, -0.15) is 4.72 Å². The summed E-state index contributed by atoms with van der Waals surface area (Å²) in [5.74, 6) is -0.794. The van der Waals surface area contributed by atoms with Crippen molar-refractivity contribution in [3.63, 3.8) is 0 Å². The van der Waals surface area contributed by atoms with Gasteiger partial charge in [0.1, 0.15) is 6.04 Å².